The fourth-order valence-electron chi connectivity index (χ4n) is 8.00. The Morgan fingerprint density at radius 1 is 0.881 bits per heavy atom. The molecule has 15 nitrogen and oxygen atoms in total. The quantitative estimate of drug-likeness (QED) is 0.156. The van der Waals surface area contributed by atoms with E-state index in [1.807, 2.05) is 59.7 Å². The first kappa shape index (κ1) is 50.9. The minimum atomic E-state index is -1.15. The minimum absolute atomic E-state index is 0.0659. The van der Waals surface area contributed by atoms with Crippen LogP contribution in [0.4, 0.5) is 4.79 Å². The number of benzene rings is 1. The van der Waals surface area contributed by atoms with Gasteiger partial charge in [0.15, 0.2) is 0 Å². The average molecular weight is 832 g/mol. The summed E-state index contributed by atoms with van der Waals surface area (Å²) in [7, 11) is 6.15. The topological polar surface area (TPSA) is 184 Å². The Bertz CT molecular complexity index is 1550. The molecule has 334 valence electrons. The van der Waals surface area contributed by atoms with Gasteiger partial charge in [0.25, 0.3) is 0 Å². The number of carbonyl (C=O) groups excluding carboxylic acids is 5. The Hall–Kier alpha value is -4.24. The van der Waals surface area contributed by atoms with Crippen LogP contribution in [-0.4, -0.2) is 138 Å². The first-order valence-electron chi connectivity index (χ1n) is 21.0. The van der Waals surface area contributed by atoms with Gasteiger partial charge in [0.05, 0.1) is 36.6 Å². The highest BCUT2D eigenvalue weighted by atomic mass is 16.6. The number of amides is 5. The molecule has 0 aromatic heterocycles. The third-order valence-electron chi connectivity index (χ3n) is 11.4. The third-order valence-corrected chi connectivity index (χ3v) is 11.4. The molecule has 1 aliphatic heterocycles. The molecule has 3 N–H and O–H groups in total. The summed E-state index contributed by atoms with van der Waals surface area (Å²) in [4.78, 5) is 85.7. The van der Waals surface area contributed by atoms with Crippen molar-refractivity contribution in [2.24, 2.45) is 23.7 Å². The van der Waals surface area contributed by atoms with Crippen molar-refractivity contribution in [2.75, 3.05) is 34.9 Å². The Kier molecular flexibility index (Phi) is 19.8. The van der Waals surface area contributed by atoms with Gasteiger partial charge in [0.2, 0.25) is 23.6 Å². The van der Waals surface area contributed by atoms with Crippen LogP contribution in [0.1, 0.15) is 100 Å². The van der Waals surface area contributed by atoms with Crippen LogP contribution in [0.3, 0.4) is 0 Å². The van der Waals surface area contributed by atoms with Crippen LogP contribution in [0, 0.1) is 23.7 Å². The number of likely N-dealkylation sites (tertiary alicyclic amines) is 1. The smallest absolute Gasteiger partial charge is 0.410 e. The molecule has 0 bridgehead atoms. The SMILES string of the molecule is CCC(C)C(C(CC(=O)N1CCC[C@H]1C(OC)C(C)C(=O)NC(Cc1ccccc1)C(=O)O)OC)N(C)C(=O)C(NC(=O)C(C(C)C)N(C)C(=O)OC(C)(C)C)C(C)C. The molecule has 9 atom stereocenters. The van der Waals surface area contributed by atoms with Crippen molar-refractivity contribution in [3.63, 3.8) is 0 Å². The van der Waals surface area contributed by atoms with Gasteiger partial charge >= 0.3 is 12.1 Å². The second-order valence-electron chi connectivity index (χ2n) is 17.7. The lowest BCUT2D eigenvalue weighted by Crippen LogP contribution is -2.60. The van der Waals surface area contributed by atoms with Crippen LogP contribution >= 0.6 is 0 Å². The summed E-state index contributed by atoms with van der Waals surface area (Å²) in [6, 6.07) is 5.02. The molecule has 1 aromatic carbocycles. The molecule has 1 aromatic rings. The zero-order chi connectivity index (χ0) is 44.9. The van der Waals surface area contributed by atoms with E-state index in [2.05, 4.69) is 10.6 Å². The molecule has 0 radical (unpaired) electrons. The van der Waals surface area contributed by atoms with Gasteiger partial charge in [-0.1, -0.05) is 85.2 Å². The van der Waals surface area contributed by atoms with Crippen LogP contribution in [0.2, 0.25) is 0 Å². The summed E-state index contributed by atoms with van der Waals surface area (Å²) in [6.07, 6.45) is -0.132. The van der Waals surface area contributed by atoms with E-state index in [9.17, 15) is 33.9 Å². The molecule has 1 fully saturated rings. The van der Waals surface area contributed by atoms with E-state index in [4.69, 9.17) is 14.2 Å². The maximum atomic E-state index is 14.4. The van der Waals surface area contributed by atoms with Crippen molar-refractivity contribution in [2.45, 2.75) is 149 Å². The van der Waals surface area contributed by atoms with Crippen molar-refractivity contribution < 1.29 is 48.1 Å². The van der Waals surface area contributed by atoms with Crippen molar-refractivity contribution >= 4 is 35.7 Å². The highest BCUT2D eigenvalue weighted by Gasteiger charge is 2.44. The van der Waals surface area contributed by atoms with Gasteiger partial charge in [0, 0.05) is 41.3 Å². The zero-order valence-corrected chi connectivity index (χ0v) is 37.9. The number of hydrogen-bond acceptors (Lipinski definition) is 9. The molecule has 0 spiro atoms. The van der Waals surface area contributed by atoms with E-state index < -0.39 is 77.8 Å². The predicted molar refractivity (Wildman–Crippen MR) is 225 cm³/mol. The zero-order valence-electron chi connectivity index (χ0n) is 37.9. The third kappa shape index (κ3) is 14.2. The summed E-state index contributed by atoms with van der Waals surface area (Å²) in [5, 5.41) is 15.5. The first-order valence-corrected chi connectivity index (χ1v) is 21.0. The molecule has 8 unspecified atom stereocenters. The van der Waals surface area contributed by atoms with Gasteiger partial charge in [-0.05, 0) is 56.9 Å². The number of hydrogen-bond donors (Lipinski definition) is 3. The number of rotatable bonds is 21. The number of likely N-dealkylation sites (N-methyl/N-ethyl adjacent to an activating group) is 2. The molecule has 5 amide bonds. The van der Waals surface area contributed by atoms with Gasteiger partial charge in [-0.2, -0.15) is 0 Å². The van der Waals surface area contributed by atoms with Gasteiger partial charge in [-0.3, -0.25) is 24.1 Å². The van der Waals surface area contributed by atoms with Gasteiger partial charge in [0.1, 0.15) is 23.7 Å². The molecule has 1 aliphatic rings. The van der Waals surface area contributed by atoms with E-state index in [1.165, 1.54) is 26.2 Å². The summed E-state index contributed by atoms with van der Waals surface area (Å²) in [5.74, 6) is -4.24. The lowest BCUT2D eigenvalue weighted by Gasteiger charge is -2.41. The summed E-state index contributed by atoms with van der Waals surface area (Å²) in [5.41, 5.74) is 0.00542. The fraction of sp³-hybridized carbons (Fsp3) is 0.727. The number of carboxylic acids is 1. The monoisotopic (exact) mass is 832 g/mol. The normalized spacial score (nSPS) is 18.5. The summed E-state index contributed by atoms with van der Waals surface area (Å²) < 4.78 is 17.4. The molecule has 59 heavy (non-hydrogen) atoms. The molecule has 0 saturated carbocycles. The maximum absolute atomic E-state index is 14.4. The second kappa shape index (κ2) is 22.9. The van der Waals surface area contributed by atoms with Crippen molar-refractivity contribution in [1.82, 2.24) is 25.3 Å². The van der Waals surface area contributed by atoms with Crippen LogP contribution in [0.25, 0.3) is 0 Å². The maximum Gasteiger partial charge on any atom is 0.410 e. The lowest BCUT2D eigenvalue weighted by molar-refractivity contribution is -0.148. The molecule has 1 saturated heterocycles. The fourth-order valence-corrected chi connectivity index (χ4v) is 8.00. The molecular weight excluding hydrogens is 759 g/mol. The highest BCUT2D eigenvalue weighted by molar-refractivity contribution is 5.92. The van der Waals surface area contributed by atoms with Gasteiger partial charge in [-0.25, -0.2) is 9.59 Å². The van der Waals surface area contributed by atoms with Crippen LogP contribution in [-0.2, 0) is 44.6 Å². The molecular formula is C44H73N5O10. The van der Waals surface area contributed by atoms with Crippen LogP contribution in [0.15, 0.2) is 30.3 Å². The molecule has 15 heteroatoms. The van der Waals surface area contributed by atoms with Gasteiger partial charge < -0.3 is 39.8 Å². The summed E-state index contributed by atoms with van der Waals surface area (Å²) in [6.45, 7) is 18.6. The Labute approximate surface area is 352 Å². The molecule has 1 heterocycles. The van der Waals surface area contributed by atoms with E-state index in [0.29, 0.717) is 25.8 Å². The predicted octanol–water partition coefficient (Wildman–Crippen LogP) is 4.75. The standard InChI is InChI=1S/C44H73N5O10/c1-15-28(6)37(47(11)41(53)35(26(2)3)46-40(52)36(27(4)5)48(12)43(56)59-44(8,9)10)33(57-13)25-34(50)49-23-19-22-32(49)38(58-14)29(7)39(51)45-31(42(54)55)24-30-20-17-16-18-21-30/h16-18,20-21,26-29,31-33,35-38H,15,19,22-25H2,1-14H3,(H,45,51)(H,46,52)(H,54,55)/t28?,29?,31?,32-,33?,35?,36?,37?,38?/m0/s1. The van der Waals surface area contributed by atoms with Crippen molar-refractivity contribution in [3.8, 4) is 0 Å². The van der Waals surface area contributed by atoms with Crippen molar-refractivity contribution in [1.29, 1.82) is 0 Å². The first-order chi connectivity index (χ1) is 27.5. The number of aliphatic carboxylic acids is 1. The molecule has 2 rings (SSSR count). The van der Waals surface area contributed by atoms with Crippen LogP contribution in [0.5, 0.6) is 0 Å². The Morgan fingerprint density at radius 2 is 1.49 bits per heavy atom. The van der Waals surface area contributed by atoms with E-state index >= 15 is 0 Å². The largest absolute Gasteiger partial charge is 0.480 e. The number of nitrogens with one attached hydrogen (secondary N) is 2. The number of ether oxygens (including phenoxy) is 3. The van der Waals surface area contributed by atoms with E-state index in [-0.39, 0.29) is 42.4 Å². The Balaban J connectivity index is 2.30. The summed E-state index contributed by atoms with van der Waals surface area (Å²) >= 11 is 0. The number of carbonyl (C=O) groups is 6. The lowest BCUT2D eigenvalue weighted by atomic mass is 9.89. The van der Waals surface area contributed by atoms with Crippen molar-refractivity contribution in [3.05, 3.63) is 35.9 Å². The average Bonchev–Trinajstić information content (AvgIpc) is 3.65. The van der Waals surface area contributed by atoms with E-state index in [0.717, 1.165) is 5.56 Å². The van der Waals surface area contributed by atoms with Crippen LogP contribution < -0.4 is 10.6 Å². The molecule has 0 aliphatic carbocycles. The van der Waals surface area contributed by atoms with E-state index in [1.54, 1.807) is 56.7 Å². The minimum Gasteiger partial charge on any atom is -0.480 e. The number of methoxy groups -OCH3 is 2. The van der Waals surface area contributed by atoms with Gasteiger partial charge in [-0.15, -0.1) is 0 Å². The number of nitrogens with zero attached hydrogens (tertiary/aromatic N) is 3. The highest BCUT2D eigenvalue weighted by Crippen LogP contribution is 2.30. The number of carboxylic acid groups (broad SMARTS) is 1. The second-order valence-corrected chi connectivity index (χ2v) is 17.7. The Morgan fingerprint density at radius 3 is 1.98 bits per heavy atom.